The maximum atomic E-state index is 13.3. The zero-order valence-electron chi connectivity index (χ0n) is 19.2. The molecule has 2 heterocycles. The summed E-state index contributed by atoms with van der Waals surface area (Å²) in [4.78, 5) is 14.9. The van der Waals surface area contributed by atoms with E-state index in [0.29, 0.717) is 19.4 Å². The van der Waals surface area contributed by atoms with Gasteiger partial charge in [0, 0.05) is 25.3 Å². The topological polar surface area (TPSA) is 83.9 Å². The van der Waals surface area contributed by atoms with Crippen molar-refractivity contribution in [1.82, 2.24) is 4.90 Å². The molecule has 1 N–H and O–H groups in total. The van der Waals surface area contributed by atoms with Crippen LogP contribution < -0.4 is 0 Å². The molecule has 1 unspecified atom stereocenters. The van der Waals surface area contributed by atoms with Gasteiger partial charge in [-0.3, -0.25) is 4.90 Å². The van der Waals surface area contributed by atoms with Crippen LogP contribution in [-0.4, -0.2) is 60.4 Å². The maximum absolute atomic E-state index is 13.3. The Morgan fingerprint density at radius 3 is 2.17 bits per heavy atom. The number of hydrogen-bond donors (Lipinski definition) is 1. The number of sulfonamides is 1. The number of rotatable bonds is 4. The van der Waals surface area contributed by atoms with E-state index in [0.717, 1.165) is 22.3 Å². The fourth-order valence-corrected chi connectivity index (χ4v) is 7.93. The van der Waals surface area contributed by atoms with Crippen molar-refractivity contribution in [1.29, 1.82) is 0 Å². The van der Waals surface area contributed by atoms with Crippen molar-refractivity contribution >= 4 is 16.1 Å². The van der Waals surface area contributed by atoms with Crippen LogP contribution in [0, 0.1) is 0 Å². The molecule has 2 fully saturated rings. The van der Waals surface area contributed by atoms with Crippen molar-refractivity contribution in [3.05, 3.63) is 90.0 Å². The molecule has 0 spiro atoms. The van der Waals surface area contributed by atoms with Crippen molar-refractivity contribution in [3.8, 4) is 11.1 Å². The highest BCUT2D eigenvalue weighted by molar-refractivity contribution is 7.85. The second-order valence-electron chi connectivity index (χ2n) is 9.48. The summed E-state index contributed by atoms with van der Waals surface area (Å²) in [5.41, 5.74) is 4.60. The molecular formula is C27H27N2O5S+. The van der Waals surface area contributed by atoms with Gasteiger partial charge in [-0.05, 0) is 34.4 Å². The molecule has 180 valence electrons. The molecule has 0 bridgehead atoms. The van der Waals surface area contributed by atoms with E-state index in [1.165, 1.54) is 12.1 Å². The third-order valence-corrected chi connectivity index (χ3v) is 9.96. The van der Waals surface area contributed by atoms with Crippen LogP contribution in [0.1, 0.15) is 29.9 Å². The SMILES string of the molecule is O=C(OCC1c2ccccc2-c2ccccc21)N1CC[C@@H]2[C@@H]1CC[N+]2(O)S(=O)(=O)c1ccccc1. The minimum atomic E-state index is -4.02. The number of likely N-dealkylation sites (tertiary alicyclic amines) is 1. The van der Waals surface area contributed by atoms with Crippen molar-refractivity contribution in [3.63, 3.8) is 0 Å². The number of amides is 1. The number of carbonyl (C=O) groups excluding carboxylic acids is 1. The first-order valence-corrected chi connectivity index (χ1v) is 13.4. The van der Waals surface area contributed by atoms with Gasteiger partial charge in [0.05, 0.1) is 6.04 Å². The van der Waals surface area contributed by atoms with Gasteiger partial charge < -0.3 is 4.74 Å². The number of nitrogens with zero attached hydrogens (tertiary/aromatic N) is 2. The molecule has 3 aromatic carbocycles. The quantitative estimate of drug-likeness (QED) is 0.548. The number of ether oxygens (including phenoxy) is 1. The predicted molar refractivity (Wildman–Crippen MR) is 129 cm³/mol. The third kappa shape index (κ3) is 3.31. The Bertz CT molecular complexity index is 1350. The number of hydroxylamine groups is 2. The number of quaternary nitrogens is 1. The van der Waals surface area contributed by atoms with Crippen LogP contribution in [0.4, 0.5) is 4.79 Å². The molecule has 2 saturated heterocycles. The van der Waals surface area contributed by atoms with Crippen LogP contribution in [-0.2, 0) is 14.8 Å². The normalized spacial score (nSPS) is 25.2. The largest absolute Gasteiger partial charge is 0.448 e. The van der Waals surface area contributed by atoms with Gasteiger partial charge in [-0.15, -0.1) is 0 Å². The van der Waals surface area contributed by atoms with Crippen molar-refractivity contribution in [2.75, 3.05) is 19.7 Å². The Kier molecular flexibility index (Phi) is 5.21. The second kappa shape index (κ2) is 8.19. The van der Waals surface area contributed by atoms with Gasteiger partial charge in [0.15, 0.2) is 6.04 Å². The summed E-state index contributed by atoms with van der Waals surface area (Å²) >= 11 is 0. The van der Waals surface area contributed by atoms with E-state index in [4.69, 9.17) is 4.74 Å². The monoisotopic (exact) mass is 491 g/mol. The highest BCUT2D eigenvalue weighted by Crippen LogP contribution is 2.45. The van der Waals surface area contributed by atoms with Crippen molar-refractivity contribution in [2.24, 2.45) is 0 Å². The summed E-state index contributed by atoms with van der Waals surface area (Å²) in [5.74, 6) is -0.0421. The first-order chi connectivity index (χ1) is 16.9. The van der Waals surface area contributed by atoms with E-state index in [1.807, 2.05) is 24.3 Å². The zero-order chi connectivity index (χ0) is 24.2. The van der Waals surface area contributed by atoms with E-state index in [1.54, 1.807) is 23.1 Å². The van der Waals surface area contributed by atoms with Crippen LogP contribution in [0.15, 0.2) is 83.8 Å². The lowest BCUT2D eigenvalue weighted by molar-refractivity contribution is -1.01. The average molecular weight is 492 g/mol. The molecule has 1 aliphatic carbocycles. The van der Waals surface area contributed by atoms with Gasteiger partial charge >= 0.3 is 16.1 Å². The number of carbonyl (C=O) groups is 1. The first kappa shape index (κ1) is 22.3. The van der Waals surface area contributed by atoms with Crippen LogP contribution >= 0.6 is 0 Å². The fourth-order valence-electron chi connectivity index (χ4n) is 6.12. The molecular weight excluding hydrogens is 464 g/mol. The van der Waals surface area contributed by atoms with Gasteiger partial charge in [0.2, 0.25) is 0 Å². The van der Waals surface area contributed by atoms with E-state index in [9.17, 15) is 18.4 Å². The molecule has 0 radical (unpaired) electrons. The summed E-state index contributed by atoms with van der Waals surface area (Å²) in [6.07, 6.45) is 0.347. The van der Waals surface area contributed by atoms with Gasteiger partial charge in [-0.1, -0.05) is 70.8 Å². The average Bonchev–Trinajstić information content (AvgIpc) is 3.56. The van der Waals surface area contributed by atoms with Gasteiger partial charge in [-0.2, -0.15) is 8.42 Å². The Morgan fingerprint density at radius 1 is 0.914 bits per heavy atom. The number of benzene rings is 3. The fraction of sp³-hybridized carbons (Fsp3) is 0.296. The standard InChI is InChI=1S/C27H27N2O5S/c30-27(34-18-24-22-12-6-4-10-20(22)21-11-5-7-13-23(21)24)28-16-14-26-25(28)15-17-29(26,31)35(32,33)19-8-2-1-3-9-19/h1-13,24-26,31H,14-18H2/q+1/t25-,26+,29?/m0/s1. The molecule has 0 saturated carbocycles. The molecule has 6 rings (SSSR count). The lowest BCUT2D eigenvalue weighted by Gasteiger charge is -2.29. The second-order valence-corrected chi connectivity index (χ2v) is 11.5. The Hall–Kier alpha value is -3.20. The highest BCUT2D eigenvalue weighted by atomic mass is 32.2. The first-order valence-electron chi connectivity index (χ1n) is 11.9. The summed E-state index contributed by atoms with van der Waals surface area (Å²) in [6.45, 7) is 0.610. The van der Waals surface area contributed by atoms with E-state index in [2.05, 4.69) is 24.3 Å². The van der Waals surface area contributed by atoms with Gasteiger partial charge in [0.25, 0.3) is 0 Å². The lowest BCUT2D eigenvalue weighted by atomic mass is 9.98. The summed E-state index contributed by atoms with van der Waals surface area (Å²) in [7, 11) is -4.02. The van der Waals surface area contributed by atoms with Crippen molar-refractivity contribution in [2.45, 2.75) is 35.7 Å². The molecule has 7 nitrogen and oxygen atoms in total. The molecule has 1 amide bonds. The zero-order valence-corrected chi connectivity index (χ0v) is 20.0. The van der Waals surface area contributed by atoms with E-state index in [-0.39, 0.29) is 30.0 Å². The van der Waals surface area contributed by atoms with Crippen LogP contribution in [0.5, 0.6) is 0 Å². The molecule has 0 aromatic heterocycles. The smallest absolute Gasteiger partial charge is 0.410 e. The summed E-state index contributed by atoms with van der Waals surface area (Å²) in [5, 5.41) is 11.3. The third-order valence-electron chi connectivity index (χ3n) is 7.80. The van der Waals surface area contributed by atoms with Crippen LogP contribution in [0.2, 0.25) is 0 Å². The molecule has 3 aromatic rings. The minimum Gasteiger partial charge on any atom is -0.448 e. The van der Waals surface area contributed by atoms with Gasteiger partial charge in [-0.25, -0.2) is 10.0 Å². The van der Waals surface area contributed by atoms with Gasteiger partial charge in [0.1, 0.15) is 18.0 Å². The summed E-state index contributed by atoms with van der Waals surface area (Å²) < 4.78 is 31.4. The number of fused-ring (bicyclic) bond motifs is 4. The Labute approximate surface area is 204 Å². The Balaban J connectivity index is 1.19. The molecule has 3 atom stereocenters. The lowest BCUT2D eigenvalue weighted by Crippen LogP contribution is -2.54. The molecule has 35 heavy (non-hydrogen) atoms. The van der Waals surface area contributed by atoms with E-state index < -0.39 is 26.2 Å². The van der Waals surface area contributed by atoms with Crippen molar-refractivity contribution < 1.29 is 27.2 Å². The highest BCUT2D eigenvalue weighted by Gasteiger charge is 2.62. The maximum Gasteiger partial charge on any atom is 0.410 e. The van der Waals surface area contributed by atoms with E-state index >= 15 is 0 Å². The minimum absolute atomic E-state index is 0.0414. The molecule has 8 heteroatoms. The van der Waals surface area contributed by atoms with Crippen LogP contribution in [0.25, 0.3) is 11.1 Å². The predicted octanol–water partition coefficient (Wildman–Crippen LogP) is 4.38. The summed E-state index contributed by atoms with van der Waals surface area (Å²) in [6, 6.07) is 23.4. The molecule has 2 aliphatic heterocycles. The Morgan fingerprint density at radius 2 is 1.51 bits per heavy atom. The number of hydrogen-bond acceptors (Lipinski definition) is 5. The van der Waals surface area contributed by atoms with Crippen LogP contribution in [0.3, 0.4) is 0 Å². The molecule has 3 aliphatic rings.